The van der Waals surface area contributed by atoms with E-state index < -0.39 is 41.3 Å². The van der Waals surface area contributed by atoms with Crippen molar-refractivity contribution in [2.75, 3.05) is 6.54 Å². The van der Waals surface area contributed by atoms with Crippen LogP contribution in [-0.4, -0.2) is 22.9 Å². The van der Waals surface area contributed by atoms with Crippen molar-refractivity contribution in [2.45, 2.75) is 11.8 Å². The van der Waals surface area contributed by atoms with Crippen LogP contribution in [0.25, 0.3) is 0 Å². The van der Waals surface area contributed by atoms with Gasteiger partial charge in [0.25, 0.3) is 5.92 Å². The van der Waals surface area contributed by atoms with Gasteiger partial charge in [0.2, 0.25) is 0 Å². The van der Waals surface area contributed by atoms with E-state index in [4.69, 9.17) is 11.7 Å². The first-order valence-corrected chi connectivity index (χ1v) is 7.74. The second-order valence-electron chi connectivity index (χ2n) is 5.16. The molecule has 1 aromatic carbocycles. The van der Waals surface area contributed by atoms with Crippen LogP contribution >= 0.6 is 15.9 Å². The molecule has 0 fully saturated rings. The summed E-state index contributed by atoms with van der Waals surface area (Å²) in [5, 5.41) is 3.93. The maximum atomic E-state index is 15.1. The maximum Gasteiger partial charge on any atom is 0.298 e. The van der Waals surface area contributed by atoms with Crippen molar-refractivity contribution >= 4 is 22.3 Å². The van der Waals surface area contributed by atoms with E-state index in [-0.39, 0.29) is 0 Å². The first-order chi connectivity index (χ1) is 11.8. The summed E-state index contributed by atoms with van der Waals surface area (Å²) >= 11 is 3.09. The van der Waals surface area contributed by atoms with Crippen molar-refractivity contribution in [3.63, 3.8) is 0 Å². The molecule has 25 heavy (non-hydrogen) atoms. The van der Waals surface area contributed by atoms with E-state index in [0.717, 1.165) is 29.5 Å². The van der Waals surface area contributed by atoms with E-state index in [2.05, 4.69) is 26.0 Å². The number of hydrogen-bond donors (Lipinski definition) is 2. The number of nitrogens with two attached hydrogens (primary N) is 2. The normalized spacial score (nSPS) is 13.2. The number of nitrogens with zero attached hydrogens (tertiary/aromatic N) is 3. The number of benzene rings is 1. The molecule has 4 N–H and O–H groups in total. The molecule has 0 bridgehead atoms. The summed E-state index contributed by atoms with van der Waals surface area (Å²) in [6.07, 6.45) is 2.10. The molecule has 0 aliphatic heterocycles. The summed E-state index contributed by atoms with van der Waals surface area (Å²) in [6.45, 7) is -0.537. The summed E-state index contributed by atoms with van der Waals surface area (Å²) < 4.78 is 57.8. The van der Waals surface area contributed by atoms with Gasteiger partial charge in [0.05, 0.1) is 5.92 Å². The SMILES string of the molecule is N/N=C\N(N)CC(c1ccc(F)cc1F)C(F)(F)c1cc(Br)ccn1. The number of hydrogen-bond acceptors (Lipinski definition) is 4. The lowest BCUT2D eigenvalue weighted by Crippen LogP contribution is -2.40. The molecule has 0 radical (unpaired) electrons. The zero-order valence-electron chi connectivity index (χ0n) is 12.7. The third kappa shape index (κ3) is 4.45. The zero-order chi connectivity index (χ0) is 18.6. The first kappa shape index (κ1) is 19.1. The minimum atomic E-state index is -3.61. The molecule has 0 saturated carbocycles. The Balaban J connectivity index is 2.53. The molecular formula is C15H14BrF4N5. The van der Waals surface area contributed by atoms with Crippen molar-refractivity contribution in [1.29, 1.82) is 0 Å². The lowest BCUT2D eigenvalue weighted by molar-refractivity contribution is -0.0443. The van der Waals surface area contributed by atoms with Gasteiger partial charge in [0.1, 0.15) is 23.7 Å². The molecule has 0 spiro atoms. The molecule has 2 aromatic rings. The van der Waals surface area contributed by atoms with Gasteiger partial charge in [-0.05, 0) is 23.8 Å². The molecular weight excluding hydrogens is 406 g/mol. The average Bonchev–Trinajstić information content (AvgIpc) is 2.53. The Hall–Kier alpha value is -2.20. The van der Waals surface area contributed by atoms with Crippen LogP contribution in [-0.2, 0) is 5.92 Å². The molecule has 0 amide bonds. The van der Waals surface area contributed by atoms with Crippen LogP contribution in [0.4, 0.5) is 17.6 Å². The van der Waals surface area contributed by atoms with Crippen LogP contribution in [0, 0.1) is 11.6 Å². The van der Waals surface area contributed by atoms with Crippen LogP contribution in [0.5, 0.6) is 0 Å². The Bertz CT molecular complexity index is 771. The quantitative estimate of drug-likeness (QED) is 0.248. The molecule has 10 heteroatoms. The topological polar surface area (TPSA) is 80.5 Å². The number of halogens is 5. The molecule has 1 atom stereocenters. The third-order valence-corrected chi connectivity index (χ3v) is 3.94. The Morgan fingerprint density at radius 1 is 1.28 bits per heavy atom. The monoisotopic (exact) mass is 419 g/mol. The first-order valence-electron chi connectivity index (χ1n) is 6.95. The molecule has 1 heterocycles. The molecule has 0 aliphatic rings. The third-order valence-electron chi connectivity index (χ3n) is 3.45. The number of hydrazine groups is 1. The number of hydrazone groups is 1. The van der Waals surface area contributed by atoms with E-state index >= 15 is 8.78 Å². The Morgan fingerprint density at radius 3 is 2.60 bits per heavy atom. The van der Waals surface area contributed by atoms with E-state index in [1.807, 2.05) is 0 Å². The Labute approximate surface area is 149 Å². The van der Waals surface area contributed by atoms with Crippen LogP contribution in [0.2, 0.25) is 0 Å². The second kappa shape index (κ2) is 7.79. The van der Waals surface area contributed by atoms with Gasteiger partial charge in [0.15, 0.2) is 0 Å². The standard InChI is InChI=1S/C15H14BrF4N5/c16-9-3-4-23-14(5-9)15(19,20)12(7-25(22)8-24-21)11-2-1-10(17)6-13(11)18/h1-6,8,12H,7,21-22H2/b24-8-. The predicted octanol–water partition coefficient (Wildman–Crippen LogP) is 3.08. The van der Waals surface area contributed by atoms with Crippen molar-refractivity contribution in [1.82, 2.24) is 9.99 Å². The van der Waals surface area contributed by atoms with Gasteiger partial charge in [-0.2, -0.15) is 13.9 Å². The molecule has 0 saturated heterocycles. The molecule has 2 rings (SSSR count). The average molecular weight is 420 g/mol. The molecule has 0 aliphatic carbocycles. The minimum Gasteiger partial charge on any atom is -0.322 e. The van der Waals surface area contributed by atoms with Crippen LogP contribution in [0.1, 0.15) is 17.2 Å². The van der Waals surface area contributed by atoms with Crippen molar-refractivity contribution < 1.29 is 17.6 Å². The van der Waals surface area contributed by atoms with Crippen molar-refractivity contribution in [2.24, 2.45) is 16.8 Å². The Kier molecular flexibility index (Phi) is 5.96. The van der Waals surface area contributed by atoms with Gasteiger partial charge >= 0.3 is 0 Å². The van der Waals surface area contributed by atoms with Crippen molar-refractivity contribution in [3.05, 3.63) is 63.9 Å². The van der Waals surface area contributed by atoms with Crippen molar-refractivity contribution in [3.8, 4) is 0 Å². The van der Waals surface area contributed by atoms with E-state index in [1.165, 1.54) is 12.3 Å². The predicted molar refractivity (Wildman–Crippen MR) is 88.5 cm³/mol. The zero-order valence-corrected chi connectivity index (χ0v) is 14.3. The highest BCUT2D eigenvalue weighted by Crippen LogP contribution is 2.43. The van der Waals surface area contributed by atoms with Gasteiger partial charge < -0.3 is 5.84 Å². The summed E-state index contributed by atoms with van der Waals surface area (Å²) in [6, 6.07) is 4.97. The van der Waals surface area contributed by atoms with Gasteiger partial charge in [0, 0.05) is 23.3 Å². The molecule has 1 unspecified atom stereocenters. The van der Waals surface area contributed by atoms with Crippen LogP contribution in [0.15, 0.2) is 46.1 Å². The highest BCUT2D eigenvalue weighted by Gasteiger charge is 2.45. The van der Waals surface area contributed by atoms with E-state index in [9.17, 15) is 8.78 Å². The summed E-state index contributed by atoms with van der Waals surface area (Å²) in [5.41, 5.74) is -0.997. The number of rotatable bonds is 6. The van der Waals surface area contributed by atoms with Gasteiger partial charge in [-0.1, -0.05) is 22.0 Å². The minimum absolute atomic E-state index is 0.378. The van der Waals surface area contributed by atoms with Gasteiger partial charge in [-0.15, -0.1) is 0 Å². The number of aromatic nitrogens is 1. The van der Waals surface area contributed by atoms with Crippen LogP contribution < -0.4 is 11.7 Å². The van der Waals surface area contributed by atoms with Crippen LogP contribution in [0.3, 0.4) is 0 Å². The number of alkyl halides is 2. The lowest BCUT2D eigenvalue weighted by Gasteiger charge is -2.29. The van der Waals surface area contributed by atoms with Gasteiger partial charge in [-0.3, -0.25) is 9.99 Å². The fourth-order valence-corrected chi connectivity index (χ4v) is 2.64. The van der Waals surface area contributed by atoms with Gasteiger partial charge in [-0.25, -0.2) is 14.6 Å². The lowest BCUT2D eigenvalue weighted by atomic mass is 9.89. The smallest absolute Gasteiger partial charge is 0.298 e. The fourth-order valence-electron chi connectivity index (χ4n) is 2.30. The summed E-state index contributed by atoms with van der Waals surface area (Å²) in [4.78, 5) is 3.66. The molecule has 5 nitrogen and oxygen atoms in total. The van der Waals surface area contributed by atoms with E-state index in [0.29, 0.717) is 10.5 Å². The Morgan fingerprint density at radius 2 is 2.00 bits per heavy atom. The fraction of sp³-hybridized carbons (Fsp3) is 0.200. The highest BCUT2D eigenvalue weighted by atomic mass is 79.9. The second-order valence-corrected chi connectivity index (χ2v) is 6.08. The highest BCUT2D eigenvalue weighted by molar-refractivity contribution is 9.10. The number of pyridine rings is 1. The molecule has 134 valence electrons. The summed E-state index contributed by atoms with van der Waals surface area (Å²) in [5.74, 6) is 3.14. The summed E-state index contributed by atoms with van der Waals surface area (Å²) in [7, 11) is 0. The largest absolute Gasteiger partial charge is 0.322 e. The molecule has 1 aromatic heterocycles. The maximum absolute atomic E-state index is 15.1. The van der Waals surface area contributed by atoms with E-state index in [1.54, 1.807) is 0 Å².